The summed E-state index contributed by atoms with van der Waals surface area (Å²) in [6.07, 6.45) is 4.68. The van der Waals surface area contributed by atoms with Crippen molar-refractivity contribution in [1.82, 2.24) is 5.32 Å². The lowest BCUT2D eigenvalue weighted by atomic mass is 9.85. The van der Waals surface area contributed by atoms with Crippen molar-refractivity contribution in [3.8, 4) is 17.2 Å². The highest BCUT2D eigenvalue weighted by Crippen LogP contribution is 2.42. The number of hydrogen-bond donors (Lipinski definition) is 1. The molecule has 1 N–H and O–H groups in total. The average molecular weight is 379 g/mol. The summed E-state index contributed by atoms with van der Waals surface area (Å²) in [7, 11) is 6.70. The van der Waals surface area contributed by atoms with Gasteiger partial charge in [-0.05, 0) is 69.4 Å². The first-order chi connectivity index (χ1) is 13.7. The maximum atomic E-state index is 5.58. The Balaban J connectivity index is 2.04. The zero-order chi connectivity index (χ0) is 19.7. The lowest BCUT2D eigenvalue weighted by Crippen LogP contribution is -2.34. The monoisotopic (exact) mass is 379 g/mol. The normalized spacial score (nSPS) is 16.4. The van der Waals surface area contributed by atoms with E-state index in [9.17, 15) is 0 Å². The van der Waals surface area contributed by atoms with Crippen molar-refractivity contribution >= 4 is 21.5 Å². The molecule has 0 radical (unpaired) electrons. The van der Waals surface area contributed by atoms with Crippen molar-refractivity contribution in [3.63, 3.8) is 0 Å². The molecule has 0 amide bonds. The maximum Gasteiger partial charge on any atom is 0.161 e. The molecule has 4 rings (SSSR count). The Kier molecular flexibility index (Phi) is 5.01. The average Bonchev–Trinajstić information content (AvgIpc) is 2.76. The molecule has 3 aromatic rings. The molecule has 1 atom stereocenters. The third-order valence-electron chi connectivity index (χ3n) is 5.47. The van der Waals surface area contributed by atoms with Crippen molar-refractivity contribution in [1.29, 1.82) is 0 Å². The first-order valence-corrected chi connectivity index (χ1v) is 9.30. The van der Waals surface area contributed by atoms with Gasteiger partial charge in [0.25, 0.3) is 0 Å². The van der Waals surface area contributed by atoms with Gasteiger partial charge in [-0.3, -0.25) is 0 Å². The van der Waals surface area contributed by atoms with E-state index in [1.54, 1.807) is 34.7 Å². The number of hydrogen-bond acceptors (Lipinski definition) is 5. The minimum absolute atomic E-state index is 0.222. The van der Waals surface area contributed by atoms with Crippen LogP contribution in [0.15, 0.2) is 42.7 Å². The Morgan fingerprint density at radius 1 is 0.821 bits per heavy atom. The molecule has 5 heteroatoms. The standard InChI is InChI=1S/C23H25NO4/c1-25-8-7-14-9-17-19-11-22(27-3)23(28-4)12-20(19)18-10-15(26-2)5-6-16(18)21(17)13-24-14/h5-8,10-12,14,24H,9,13H2,1-4H3/t14-/m1/s1. The Labute approximate surface area is 164 Å². The third kappa shape index (κ3) is 3.02. The van der Waals surface area contributed by atoms with Crippen LogP contribution in [0.5, 0.6) is 17.2 Å². The zero-order valence-electron chi connectivity index (χ0n) is 16.7. The fraction of sp³-hybridized carbons (Fsp3) is 0.304. The van der Waals surface area contributed by atoms with Gasteiger partial charge < -0.3 is 24.3 Å². The van der Waals surface area contributed by atoms with Crippen LogP contribution in [0.25, 0.3) is 21.5 Å². The van der Waals surface area contributed by atoms with E-state index in [0.717, 1.165) is 41.0 Å². The van der Waals surface area contributed by atoms with Crippen LogP contribution in [-0.2, 0) is 17.7 Å². The highest BCUT2D eigenvalue weighted by Gasteiger charge is 2.23. The smallest absolute Gasteiger partial charge is 0.161 e. The second kappa shape index (κ2) is 7.60. The zero-order valence-corrected chi connectivity index (χ0v) is 16.7. The molecule has 5 nitrogen and oxygen atoms in total. The van der Waals surface area contributed by atoms with Crippen molar-refractivity contribution in [2.45, 2.75) is 19.0 Å². The largest absolute Gasteiger partial charge is 0.505 e. The molecule has 0 fully saturated rings. The SMILES string of the molecule is COC=C[C@@H]1Cc2c(c3ccc(OC)cc3c3cc(OC)c(OC)cc23)CN1. The molecule has 146 valence electrons. The Hall–Kier alpha value is -2.92. The van der Waals surface area contributed by atoms with Gasteiger partial charge in [-0.25, -0.2) is 0 Å². The molecule has 0 aromatic heterocycles. The summed E-state index contributed by atoms with van der Waals surface area (Å²) in [4.78, 5) is 0. The molecule has 0 spiro atoms. The highest BCUT2D eigenvalue weighted by atomic mass is 16.5. The molecule has 3 aromatic carbocycles. The summed E-state index contributed by atoms with van der Waals surface area (Å²) in [5, 5.41) is 8.31. The predicted molar refractivity (Wildman–Crippen MR) is 112 cm³/mol. The molecule has 0 saturated carbocycles. The first kappa shape index (κ1) is 18.4. The van der Waals surface area contributed by atoms with E-state index in [2.05, 4.69) is 35.7 Å². The number of fused-ring (bicyclic) bond motifs is 6. The van der Waals surface area contributed by atoms with Gasteiger partial charge in [0, 0.05) is 12.6 Å². The fourth-order valence-electron chi connectivity index (χ4n) is 4.08. The van der Waals surface area contributed by atoms with E-state index in [1.165, 1.54) is 21.9 Å². The highest BCUT2D eigenvalue weighted by molar-refractivity contribution is 6.12. The minimum atomic E-state index is 0.222. The first-order valence-electron chi connectivity index (χ1n) is 9.30. The van der Waals surface area contributed by atoms with E-state index in [4.69, 9.17) is 18.9 Å². The Morgan fingerprint density at radius 3 is 2.21 bits per heavy atom. The minimum Gasteiger partial charge on any atom is -0.505 e. The fourth-order valence-corrected chi connectivity index (χ4v) is 4.08. The second-order valence-electron chi connectivity index (χ2n) is 6.88. The molecule has 0 aliphatic carbocycles. The van der Waals surface area contributed by atoms with Crippen molar-refractivity contribution in [2.24, 2.45) is 0 Å². The molecule has 0 saturated heterocycles. The van der Waals surface area contributed by atoms with Crippen LogP contribution in [-0.4, -0.2) is 34.5 Å². The molecule has 0 bridgehead atoms. The van der Waals surface area contributed by atoms with E-state index >= 15 is 0 Å². The van der Waals surface area contributed by atoms with Crippen LogP contribution in [0.1, 0.15) is 11.1 Å². The number of rotatable bonds is 5. The maximum absolute atomic E-state index is 5.58. The lowest BCUT2D eigenvalue weighted by Gasteiger charge is -2.27. The van der Waals surface area contributed by atoms with E-state index < -0.39 is 0 Å². The second-order valence-corrected chi connectivity index (χ2v) is 6.88. The molecule has 1 aliphatic rings. The van der Waals surface area contributed by atoms with Crippen LogP contribution in [0, 0.1) is 0 Å². The summed E-state index contributed by atoms with van der Waals surface area (Å²) in [6.45, 7) is 0.793. The number of methoxy groups -OCH3 is 4. The van der Waals surface area contributed by atoms with Gasteiger partial charge in [-0.1, -0.05) is 6.07 Å². The van der Waals surface area contributed by atoms with Crippen molar-refractivity contribution < 1.29 is 18.9 Å². The summed E-state index contributed by atoms with van der Waals surface area (Å²) in [5.41, 5.74) is 2.65. The van der Waals surface area contributed by atoms with Crippen LogP contribution in [0.2, 0.25) is 0 Å². The van der Waals surface area contributed by atoms with Gasteiger partial charge in [-0.15, -0.1) is 0 Å². The van der Waals surface area contributed by atoms with Crippen LogP contribution in [0.3, 0.4) is 0 Å². The molecule has 1 aliphatic heterocycles. The van der Waals surface area contributed by atoms with Gasteiger partial charge in [0.15, 0.2) is 11.5 Å². The summed E-state index contributed by atoms with van der Waals surface area (Å²) in [6, 6.07) is 10.6. The van der Waals surface area contributed by atoms with Crippen molar-refractivity contribution in [3.05, 3.63) is 53.8 Å². The summed E-state index contributed by atoms with van der Waals surface area (Å²) < 4.78 is 21.8. The van der Waals surface area contributed by atoms with Gasteiger partial charge in [0.2, 0.25) is 0 Å². The Bertz CT molecular complexity index is 1060. The number of ether oxygens (including phenoxy) is 4. The third-order valence-corrected chi connectivity index (χ3v) is 5.47. The predicted octanol–water partition coefficient (Wildman–Crippen LogP) is 4.19. The summed E-state index contributed by atoms with van der Waals surface area (Å²) >= 11 is 0. The molecular formula is C23H25NO4. The van der Waals surface area contributed by atoms with Crippen LogP contribution >= 0.6 is 0 Å². The summed E-state index contributed by atoms with van der Waals surface area (Å²) in [5.74, 6) is 2.30. The van der Waals surface area contributed by atoms with Gasteiger partial charge in [-0.2, -0.15) is 0 Å². The van der Waals surface area contributed by atoms with E-state index in [-0.39, 0.29) is 6.04 Å². The molecule has 0 unspecified atom stereocenters. The lowest BCUT2D eigenvalue weighted by molar-refractivity contribution is 0.333. The van der Waals surface area contributed by atoms with E-state index in [0.29, 0.717) is 0 Å². The molecule has 1 heterocycles. The van der Waals surface area contributed by atoms with Crippen LogP contribution < -0.4 is 19.5 Å². The molecular weight excluding hydrogens is 354 g/mol. The van der Waals surface area contributed by atoms with Gasteiger partial charge >= 0.3 is 0 Å². The molecule has 28 heavy (non-hydrogen) atoms. The Morgan fingerprint density at radius 2 is 1.54 bits per heavy atom. The van der Waals surface area contributed by atoms with Gasteiger partial charge in [0.05, 0.1) is 34.7 Å². The topological polar surface area (TPSA) is 49.0 Å². The van der Waals surface area contributed by atoms with Gasteiger partial charge in [0.1, 0.15) is 5.75 Å². The number of nitrogens with one attached hydrogen (secondary N) is 1. The van der Waals surface area contributed by atoms with Crippen LogP contribution in [0.4, 0.5) is 0 Å². The van der Waals surface area contributed by atoms with Crippen molar-refractivity contribution in [2.75, 3.05) is 28.4 Å². The van der Waals surface area contributed by atoms with E-state index in [1.807, 2.05) is 6.07 Å². The number of benzene rings is 3. The quantitative estimate of drug-likeness (QED) is 0.532.